The third-order valence-electron chi connectivity index (χ3n) is 1.60. The van der Waals surface area contributed by atoms with Crippen molar-refractivity contribution < 1.29 is 6.22 Å². The summed E-state index contributed by atoms with van der Waals surface area (Å²) < 4.78 is 0. The number of nitrogens with one attached hydrogen (secondary N) is 1. The van der Waals surface area contributed by atoms with E-state index in [2.05, 4.69) is 11.9 Å². The molecule has 0 aromatic rings. The maximum Gasteiger partial charge on any atom is 0.224 e. The highest BCUT2D eigenvalue weighted by molar-refractivity contribution is 5.80. The van der Waals surface area contributed by atoms with Gasteiger partial charge in [-0.2, -0.15) is 0 Å². The highest BCUT2D eigenvalue weighted by Crippen LogP contribution is 2.16. The summed E-state index contributed by atoms with van der Waals surface area (Å²) in [6.07, 6.45) is 3.25. The molecule has 1 rings (SSSR count). The quantitative estimate of drug-likeness (QED) is 0.542. The van der Waals surface area contributed by atoms with Gasteiger partial charge in [-0.1, -0.05) is 12.7 Å². The maximum atomic E-state index is 10.8. The van der Waals surface area contributed by atoms with Crippen LogP contribution in [-0.2, 0) is 4.79 Å². The average Bonchev–Trinajstić information content (AvgIpc) is 1.94. The molecule has 10 heavy (non-hydrogen) atoms. The fraction of sp³-hybridized carbons (Fsp3) is 0.375. The summed E-state index contributed by atoms with van der Waals surface area (Å²) >= 11 is 0. The van der Waals surface area contributed by atoms with Crippen LogP contribution in [0.5, 0.6) is 0 Å². The third kappa shape index (κ3) is 1.26. The molecule has 1 heterocycles. The summed E-state index contributed by atoms with van der Waals surface area (Å²) in [4.78, 5) is 10.8. The van der Waals surface area contributed by atoms with Crippen LogP contribution in [0.25, 0.3) is 0 Å². The van der Waals surface area contributed by atoms with Crippen LogP contribution >= 0.6 is 0 Å². The van der Waals surface area contributed by atoms with Gasteiger partial charge in [-0.25, -0.2) is 0 Å². The van der Waals surface area contributed by atoms with Crippen LogP contribution in [0.3, 0.4) is 0 Å². The van der Waals surface area contributed by atoms with E-state index in [9.17, 15) is 4.79 Å². The molecule has 1 amide bonds. The lowest BCUT2D eigenvalue weighted by Gasteiger charge is -2.17. The highest BCUT2D eigenvalue weighted by Gasteiger charge is 2.13. The molecule has 0 aliphatic carbocycles. The average molecular weight is 139 g/mol. The van der Waals surface area contributed by atoms with Gasteiger partial charge in [-0.05, 0) is 18.9 Å². The molecule has 1 aliphatic heterocycles. The van der Waals surface area contributed by atoms with Crippen LogP contribution in [0.2, 0.25) is 0 Å². The zero-order valence-corrected chi connectivity index (χ0v) is 6.11. The number of hydrogen-bond acceptors (Lipinski definition) is 1. The first kappa shape index (κ1) is 7.06. The number of hydrogen-bond donors (Lipinski definition) is 1. The molecule has 1 aliphatic rings. The normalized spacial score (nSPS) is 23.1. The Kier molecular flexibility index (Phi) is 1.90. The molecular weight excluding hydrogens is 126 g/mol. The van der Waals surface area contributed by atoms with Crippen molar-refractivity contribution in [2.45, 2.75) is 19.8 Å². The predicted octanol–water partition coefficient (Wildman–Crippen LogP) is 1.60. The van der Waals surface area contributed by atoms with E-state index < -0.39 is 0 Å². The van der Waals surface area contributed by atoms with Crippen molar-refractivity contribution in [2.24, 2.45) is 0 Å². The third-order valence-corrected chi connectivity index (χ3v) is 1.60. The van der Waals surface area contributed by atoms with Crippen molar-refractivity contribution in [1.82, 2.24) is 5.32 Å². The molecule has 0 aromatic carbocycles. The second-order valence-corrected chi connectivity index (χ2v) is 2.35. The van der Waals surface area contributed by atoms with Crippen molar-refractivity contribution in [2.75, 3.05) is 0 Å². The summed E-state index contributed by atoms with van der Waals surface area (Å²) in [7, 11) is 0. The first-order chi connectivity index (χ1) is 4.74. The van der Waals surface area contributed by atoms with Crippen LogP contribution in [0, 0.1) is 0 Å². The zero-order valence-electron chi connectivity index (χ0n) is 6.11. The first-order valence-corrected chi connectivity index (χ1v) is 3.38. The Morgan fingerprint density at radius 2 is 2.40 bits per heavy atom. The van der Waals surface area contributed by atoms with Crippen molar-refractivity contribution in [3.05, 3.63) is 23.9 Å². The molecule has 0 atom stereocenters. The van der Waals surface area contributed by atoms with Gasteiger partial charge in [-0.15, -0.1) is 0 Å². The van der Waals surface area contributed by atoms with E-state index in [1.54, 1.807) is 0 Å². The van der Waals surface area contributed by atoms with Gasteiger partial charge in [0.1, 0.15) is 0 Å². The van der Waals surface area contributed by atoms with E-state index in [0.29, 0.717) is 6.42 Å². The molecule has 1 saturated heterocycles. The van der Waals surface area contributed by atoms with E-state index in [1.165, 1.54) is 0 Å². The van der Waals surface area contributed by atoms with Gasteiger partial charge >= 0.3 is 0 Å². The summed E-state index contributed by atoms with van der Waals surface area (Å²) in [6, 6.07) is 0. The van der Waals surface area contributed by atoms with E-state index in [0.717, 1.165) is 17.7 Å². The smallest absolute Gasteiger partial charge is 0.224 e. The number of carbonyl (C=O) groups is 1. The fourth-order valence-corrected chi connectivity index (χ4v) is 0.976. The van der Waals surface area contributed by atoms with E-state index in [-0.39, 0.29) is 7.33 Å². The summed E-state index contributed by atoms with van der Waals surface area (Å²) in [5, 5.41) is 2.74. The topological polar surface area (TPSA) is 29.1 Å². The van der Waals surface area contributed by atoms with Crippen molar-refractivity contribution in [3.63, 3.8) is 0 Å². The van der Waals surface area contributed by atoms with Gasteiger partial charge in [0.15, 0.2) is 0 Å². The molecule has 0 bridgehead atoms. The van der Waals surface area contributed by atoms with Gasteiger partial charge in [0.05, 0.1) is 0 Å². The fourth-order valence-electron chi connectivity index (χ4n) is 0.976. The standard InChI is InChI=1S/C8H11NO.H2/c1-3-7-6(2)4-5-8(10)9-7;/h3H,2,4-5H2,1H3,(H,9,10);1H/b7-3-;. The molecule has 0 radical (unpaired) electrons. The summed E-state index contributed by atoms with van der Waals surface area (Å²) in [6.45, 7) is 5.71. The number of carbonyl (C=O) groups excluding carboxylic acids is 1. The Balaban J connectivity index is 0.000001000. The Morgan fingerprint density at radius 3 is 2.90 bits per heavy atom. The number of amides is 1. The number of rotatable bonds is 0. The molecule has 1 N–H and O–H groups in total. The number of piperidine rings is 1. The SMILES string of the molecule is C=C1CCC(=O)N/C1=C\C.[HH]. The summed E-state index contributed by atoms with van der Waals surface area (Å²) in [5.41, 5.74) is 1.92. The molecule has 2 heteroatoms. The lowest BCUT2D eigenvalue weighted by Crippen LogP contribution is -2.27. The maximum absolute atomic E-state index is 10.8. The van der Waals surface area contributed by atoms with Crippen LogP contribution in [0.4, 0.5) is 0 Å². The molecule has 2 nitrogen and oxygen atoms in total. The second-order valence-electron chi connectivity index (χ2n) is 2.35. The van der Waals surface area contributed by atoms with Gasteiger partial charge in [0.25, 0.3) is 0 Å². The Hall–Kier alpha value is -1.05. The minimum absolute atomic E-state index is 0. The lowest BCUT2D eigenvalue weighted by molar-refractivity contribution is -0.120. The zero-order chi connectivity index (χ0) is 7.56. The van der Waals surface area contributed by atoms with Gasteiger partial charge in [0, 0.05) is 13.5 Å². The minimum Gasteiger partial charge on any atom is -0.326 e. The number of allylic oxidation sites excluding steroid dienone is 2. The van der Waals surface area contributed by atoms with Crippen LogP contribution < -0.4 is 5.32 Å². The molecule has 0 saturated carbocycles. The molecular formula is C8H13NO. The van der Waals surface area contributed by atoms with E-state index in [4.69, 9.17) is 0 Å². The second kappa shape index (κ2) is 2.69. The van der Waals surface area contributed by atoms with Gasteiger partial charge < -0.3 is 5.32 Å². The van der Waals surface area contributed by atoms with Crippen LogP contribution in [-0.4, -0.2) is 5.91 Å². The molecule has 56 valence electrons. The molecule has 1 fully saturated rings. The highest BCUT2D eigenvalue weighted by atomic mass is 16.1. The van der Waals surface area contributed by atoms with Crippen LogP contribution in [0.15, 0.2) is 23.9 Å². The summed E-state index contributed by atoms with van der Waals surface area (Å²) in [5.74, 6) is 0.0977. The molecule has 0 aromatic heterocycles. The minimum atomic E-state index is 0. The van der Waals surface area contributed by atoms with Crippen molar-refractivity contribution >= 4 is 5.91 Å². The Labute approximate surface area is 62.1 Å². The lowest BCUT2D eigenvalue weighted by atomic mass is 10.0. The monoisotopic (exact) mass is 139 g/mol. The predicted molar refractivity (Wildman–Crippen MR) is 42.4 cm³/mol. The molecule has 0 unspecified atom stereocenters. The molecule has 0 spiro atoms. The van der Waals surface area contributed by atoms with Crippen LogP contribution in [0.1, 0.15) is 21.2 Å². The van der Waals surface area contributed by atoms with Gasteiger partial charge in [-0.3, -0.25) is 4.79 Å². The van der Waals surface area contributed by atoms with Gasteiger partial charge in [0.2, 0.25) is 5.91 Å². The van der Waals surface area contributed by atoms with E-state index in [1.807, 2.05) is 13.0 Å². The Bertz CT molecular complexity index is 208. The largest absolute Gasteiger partial charge is 0.326 e. The Morgan fingerprint density at radius 1 is 1.70 bits per heavy atom. The van der Waals surface area contributed by atoms with Crippen molar-refractivity contribution in [1.29, 1.82) is 0 Å². The van der Waals surface area contributed by atoms with Crippen molar-refractivity contribution in [3.8, 4) is 0 Å². The van der Waals surface area contributed by atoms with E-state index >= 15 is 0 Å². The first-order valence-electron chi connectivity index (χ1n) is 3.38.